The second-order valence-corrected chi connectivity index (χ2v) is 9.82. The number of hydrogen-bond donors (Lipinski definition) is 1. The van der Waals surface area contributed by atoms with Crippen LogP contribution in [0.3, 0.4) is 0 Å². The molecule has 1 aliphatic heterocycles. The number of nitrogens with zero attached hydrogens (tertiary/aromatic N) is 4. The molecule has 7 nitrogen and oxygen atoms in total. The molecule has 1 N–H and O–H groups in total. The second-order valence-electron chi connectivity index (χ2n) is 9.07. The van der Waals surface area contributed by atoms with Crippen LogP contribution in [0.25, 0.3) is 26.8 Å². The van der Waals surface area contributed by atoms with Crippen LogP contribution in [0.4, 0.5) is 5.69 Å². The van der Waals surface area contributed by atoms with Crippen molar-refractivity contribution in [2.45, 2.75) is 52.7 Å². The van der Waals surface area contributed by atoms with Gasteiger partial charge in [0.05, 0.1) is 18.6 Å². The van der Waals surface area contributed by atoms with Crippen LogP contribution in [0.1, 0.15) is 44.7 Å². The molecule has 4 rings (SSSR count). The largest absolute Gasteiger partial charge is 0.502 e. The lowest BCUT2D eigenvalue weighted by molar-refractivity contribution is -0.143. The van der Waals surface area contributed by atoms with Crippen LogP contribution < -0.4 is 4.74 Å². The van der Waals surface area contributed by atoms with Crippen molar-refractivity contribution in [1.29, 1.82) is 0 Å². The van der Waals surface area contributed by atoms with Gasteiger partial charge >= 0.3 is 5.97 Å². The Morgan fingerprint density at radius 3 is 2.71 bits per heavy atom. The Hall–Kier alpha value is -3.28. The highest BCUT2D eigenvalue weighted by Crippen LogP contribution is 2.36. The Balaban J connectivity index is 1.57. The first kappa shape index (κ1) is 24.8. The van der Waals surface area contributed by atoms with E-state index < -0.39 is 5.97 Å². The van der Waals surface area contributed by atoms with Gasteiger partial charge in [0, 0.05) is 17.7 Å². The third-order valence-corrected chi connectivity index (χ3v) is 7.08. The van der Waals surface area contributed by atoms with E-state index in [-0.39, 0.29) is 12.0 Å². The average molecular weight is 491 g/mol. The van der Waals surface area contributed by atoms with Crippen molar-refractivity contribution < 1.29 is 14.6 Å². The van der Waals surface area contributed by atoms with Gasteiger partial charge in [-0.15, -0.1) is 0 Å². The fourth-order valence-corrected chi connectivity index (χ4v) is 5.20. The molecule has 1 aromatic heterocycles. The summed E-state index contributed by atoms with van der Waals surface area (Å²) in [6.45, 7) is 15.9. The summed E-state index contributed by atoms with van der Waals surface area (Å²) in [5, 5.41) is 10.0. The summed E-state index contributed by atoms with van der Waals surface area (Å²) in [7, 11) is 0. The van der Waals surface area contributed by atoms with E-state index >= 15 is 0 Å². The number of carbonyl (C=O) groups is 1. The summed E-state index contributed by atoms with van der Waals surface area (Å²) in [4.78, 5) is 22.1. The Morgan fingerprint density at radius 2 is 2.06 bits per heavy atom. The summed E-state index contributed by atoms with van der Waals surface area (Å²) < 4.78 is 10.4. The van der Waals surface area contributed by atoms with Gasteiger partial charge in [0.1, 0.15) is 10.8 Å². The smallest absolute Gasteiger partial charge is 0.306 e. The van der Waals surface area contributed by atoms with Crippen LogP contribution in [0.2, 0.25) is 0 Å². The Kier molecular flexibility index (Phi) is 7.79. The molecule has 0 radical (unpaired) electrons. The van der Waals surface area contributed by atoms with Crippen molar-refractivity contribution in [2.24, 2.45) is 5.92 Å². The van der Waals surface area contributed by atoms with Crippen LogP contribution >= 0.6 is 11.5 Å². The average Bonchev–Trinajstić information content (AvgIpc) is 3.34. The highest BCUT2D eigenvalue weighted by atomic mass is 32.1. The molecule has 1 fully saturated rings. The molecule has 0 spiro atoms. The summed E-state index contributed by atoms with van der Waals surface area (Å²) >= 11 is 1.33. The molecule has 0 saturated carbocycles. The van der Waals surface area contributed by atoms with Crippen LogP contribution in [0, 0.1) is 12.5 Å². The van der Waals surface area contributed by atoms with Crippen LogP contribution in [0.15, 0.2) is 36.4 Å². The molecule has 2 aromatic carbocycles. The lowest BCUT2D eigenvalue weighted by Crippen LogP contribution is -2.36. The maximum absolute atomic E-state index is 11.3. The van der Waals surface area contributed by atoms with Gasteiger partial charge in [0.25, 0.3) is 0 Å². The fourth-order valence-electron chi connectivity index (χ4n) is 4.53. The Morgan fingerprint density at radius 1 is 1.29 bits per heavy atom. The van der Waals surface area contributed by atoms with Gasteiger partial charge in [-0.1, -0.05) is 31.2 Å². The third kappa shape index (κ3) is 5.69. The normalized spacial score (nSPS) is 14.7. The van der Waals surface area contributed by atoms with Gasteiger partial charge in [0.15, 0.2) is 5.82 Å². The van der Waals surface area contributed by atoms with E-state index in [0.717, 1.165) is 42.2 Å². The molecule has 3 aromatic rings. The summed E-state index contributed by atoms with van der Waals surface area (Å²) in [5.74, 6) is 0.365. The first-order chi connectivity index (χ1) is 16.9. The minimum absolute atomic E-state index is 0.00208. The van der Waals surface area contributed by atoms with E-state index in [0.29, 0.717) is 30.1 Å². The maximum Gasteiger partial charge on any atom is 0.306 e. The number of carboxylic acids is 1. The molecule has 8 heteroatoms. The zero-order valence-corrected chi connectivity index (χ0v) is 21.1. The lowest BCUT2D eigenvalue weighted by atomic mass is 9.94. The molecule has 1 saturated heterocycles. The first-order valence-electron chi connectivity index (χ1n) is 12.0. The van der Waals surface area contributed by atoms with Gasteiger partial charge < -0.3 is 9.84 Å². The molecule has 35 heavy (non-hydrogen) atoms. The quantitative estimate of drug-likeness (QED) is 0.386. The number of likely N-dealkylation sites (tertiary alicyclic amines) is 1. The maximum atomic E-state index is 11.3. The monoisotopic (exact) mass is 490 g/mol. The van der Waals surface area contributed by atoms with Crippen molar-refractivity contribution in [3.05, 3.63) is 58.9 Å². The van der Waals surface area contributed by atoms with E-state index in [1.807, 2.05) is 38.1 Å². The molecule has 0 unspecified atom stereocenters. The number of ether oxygens (including phenoxy) is 1. The predicted molar refractivity (Wildman–Crippen MR) is 138 cm³/mol. The zero-order chi connectivity index (χ0) is 24.9. The molecule has 0 aliphatic carbocycles. The van der Waals surface area contributed by atoms with E-state index in [4.69, 9.17) is 16.3 Å². The number of hydrogen-bond acceptors (Lipinski definition) is 6. The molecule has 1 aliphatic rings. The van der Waals surface area contributed by atoms with E-state index in [9.17, 15) is 9.90 Å². The standard InChI is InChI=1S/C27H30N4O3S/c1-5-21-20(16-31-13-11-18(12-14-31)27(32)33)7-6-8-22(21)25-29-26(35-30-25)19-9-10-24(34-17(2)3)23(15-19)28-4/h6-10,15,17-18H,5,11-14,16H2,1-3H3,(H,32,33). The second kappa shape index (κ2) is 11.0. The number of aliphatic carboxylic acids is 1. The van der Waals surface area contributed by atoms with Gasteiger partial charge in [-0.25, -0.2) is 9.83 Å². The zero-order valence-electron chi connectivity index (χ0n) is 20.3. The number of piperidine rings is 1. The van der Waals surface area contributed by atoms with E-state index in [2.05, 4.69) is 33.2 Å². The number of rotatable bonds is 8. The summed E-state index contributed by atoms with van der Waals surface area (Å²) in [6, 6.07) is 11.8. The molecular weight excluding hydrogens is 460 g/mol. The molecule has 0 amide bonds. The highest BCUT2D eigenvalue weighted by Gasteiger charge is 2.25. The number of carboxylic acid groups (broad SMARTS) is 1. The minimum Gasteiger partial charge on any atom is -0.502 e. The van der Waals surface area contributed by atoms with Crippen molar-refractivity contribution in [3.63, 3.8) is 0 Å². The van der Waals surface area contributed by atoms with Crippen molar-refractivity contribution in [1.82, 2.24) is 14.3 Å². The number of benzene rings is 2. The molecule has 0 atom stereocenters. The van der Waals surface area contributed by atoms with Crippen LogP contribution in [0.5, 0.6) is 5.75 Å². The molecule has 0 bridgehead atoms. The third-order valence-electron chi connectivity index (χ3n) is 6.31. The number of aromatic nitrogens is 2. The Bertz CT molecular complexity index is 1240. The van der Waals surface area contributed by atoms with Gasteiger partial charge in [-0.2, -0.15) is 4.37 Å². The molecular formula is C27H30N4O3S. The summed E-state index contributed by atoms with van der Waals surface area (Å²) in [6.07, 6.45) is 2.24. The first-order valence-corrected chi connectivity index (χ1v) is 12.8. The summed E-state index contributed by atoms with van der Waals surface area (Å²) in [5.41, 5.74) is 4.81. The predicted octanol–water partition coefficient (Wildman–Crippen LogP) is 6.07. The topological polar surface area (TPSA) is 79.9 Å². The highest BCUT2D eigenvalue weighted by molar-refractivity contribution is 7.09. The van der Waals surface area contributed by atoms with E-state index in [1.54, 1.807) is 0 Å². The van der Waals surface area contributed by atoms with Gasteiger partial charge in [0.2, 0.25) is 5.69 Å². The van der Waals surface area contributed by atoms with Crippen LogP contribution in [-0.4, -0.2) is 44.5 Å². The van der Waals surface area contributed by atoms with Crippen molar-refractivity contribution in [3.8, 4) is 27.7 Å². The SMILES string of the molecule is [C-]#[N+]c1cc(-c2nc(-c3cccc(CN4CCC(C(=O)O)CC4)c3CC)ns2)ccc1OC(C)C. The van der Waals surface area contributed by atoms with Gasteiger partial charge in [-0.3, -0.25) is 9.69 Å². The lowest BCUT2D eigenvalue weighted by Gasteiger charge is -2.30. The molecule has 182 valence electrons. The van der Waals surface area contributed by atoms with Gasteiger partial charge in [-0.05, 0) is 81.0 Å². The fraction of sp³-hybridized carbons (Fsp3) is 0.407. The minimum atomic E-state index is -0.683. The van der Waals surface area contributed by atoms with Crippen LogP contribution in [-0.2, 0) is 17.8 Å². The Labute approximate surface area is 210 Å². The van der Waals surface area contributed by atoms with Crippen molar-refractivity contribution in [2.75, 3.05) is 13.1 Å². The van der Waals surface area contributed by atoms with Crippen molar-refractivity contribution >= 4 is 23.2 Å². The van der Waals surface area contributed by atoms with E-state index in [1.165, 1.54) is 22.7 Å². The molecule has 2 heterocycles.